The second kappa shape index (κ2) is 58.2. The molecule has 0 heterocycles. The van der Waals surface area contributed by atoms with Gasteiger partial charge >= 0.3 is 39.5 Å². The summed E-state index contributed by atoms with van der Waals surface area (Å²) in [7, 11) is -9.89. The molecular formula is C65H122O17P2. The standard InChI is InChI=1S/C65H122O17P2/c1-6-9-12-15-18-20-21-22-23-24-25-31-36-41-46-51-65(70)82-61(55-76-63(68)49-44-39-34-30-27-26-29-33-37-42-47-58(4)5)57-80-84(73,74)78-53-59(66)52-77-83(71,72)79-56-60(54-75-62(67)48-43-38-32-17-14-11-8-3)81-64(69)50-45-40-35-28-19-16-13-10-7-2/h20-23,58-61,66H,6-19,24-57H2,1-5H3,(H,71,72)(H,73,74)/b21-20-,23-22-/t59-,60+,61+/m0/s1. The van der Waals surface area contributed by atoms with Crippen molar-refractivity contribution in [2.24, 2.45) is 5.92 Å². The van der Waals surface area contributed by atoms with E-state index in [1.54, 1.807) is 0 Å². The minimum atomic E-state index is -4.95. The number of phosphoric ester groups is 2. The van der Waals surface area contributed by atoms with Crippen LogP contribution in [0.1, 0.15) is 304 Å². The van der Waals surface area contributed by atoms with Crippen molar-refractivity contribution < 1.29 is 80.2 Å². The summed E-state index contributed by atoms with van der Waals surface area (Å²) in [6.45, 7) is 7.07. The molecule has 0 radical (unpaired) electrons. The topological polar surface area (TPSA) is 237 Å². The molecule has 0 aromatic heterocycles. The molecule has 19 heteroatoms. The van der Waals surface area contributed by atoms with E-state index in [4.69, 9.17) is 37.0 Å². The molecule has 3 N–H and O–H groups in total. The third-order valence-corrected chi connectivity index (χ3v) is 16.3. The number of carbonyl (C=O) groups is 4. The molecule has 0 saturated carbocycles. The highest BCUT2D eigenvalue weighted by atomic mass is 31.2. The highest BCUT2D eigenvalue weighted by Gasteiger charge is 2.30. The van der Waals surface area contributed by atoms with Gasteiger partial charge in [0.25, 0.3) is 0 Å². The number of ether oxygens (including phenoxy) is 4. The van der Waals surface area contributed by atoms with E-state index in [2.05, 4.69) is 58.9 Å². The molecule has 0 aliphatic heterocycles. The summed E-state index contributed by atoms with van der Waals surface area (Å²) >= 11 is 0. The number of aliphatic hydroxyl groups excluding tert-OH is 1. The highest BCUT2D eigenvalue weighted by Crippen LogP contribution is 2.45. The maximum Gasteiger partial charge on any atom is 0.472 e. The fraction of sp³-hybridized carbons (Fsp3) is 0.877. The minimum absolute atomic E-state index is 0.0848. The highest BCUT2D eigenvalue weighted by molar-refractivity contribution is 7.47. The monoisotopic (exact) mass is 1240 g/mol. The molecule has 0 aliphatic carbocycles. The Labute approximate surface area is 510 Å². The van der Waals surface area contributed by atoms with Gasteiger partial charge in [0.05, 0.1) is 26.4 Å². The molecule has 0 fully saturated rings. The summed E-state index contributed by atoms with van der Waals surface area (Å²) in [6.07, 6.45) is 45.4. The van der Waals surface area contributed by atoms with Crippen molar-refractivity contribution in [3.05, 3.63) is 24.3 Å². The molecule has 0 aromatic rings. The lowest BCUT2D eigenvalue weighted by Gasteiger charge is -2.21. The molecule has 84 heavy (non-hydrogen) atoms. The smallest absolute Gasteiger partial charge is 0.462 e. The molecule has 0 aliphatic rings. The first-order chi connectivity index (χ1) is 40.5. The number of hydrogen-bond donors (Lipinski definition) is 3. The van der Waals surface area contributed by atoms with Gasteiger partial charge in [-0.25, -0.2) is 9.13 Å². The first-order valence-electron chi connectivity index (χ1n) is 33.5. The average Bonchev–Trinajstić information content (AvgIpc) is 3.63. The average molecular weight is 1240 g/mol. The molecule has 0 aromatic carbocycles. The van der Waals surface area contributed by atoms with Crippen LogP contribution in [0.2, 0.25) is 0 Å². The van der Waals surface area contributed by atoms with Gasteiger partial charge < -0.3 is 33.8 Å². The number of rotatable bonds is 63. The Morgan fingerprint density at radius 1 is 0.369 bits per heavy atom. The second-order valence-electron chi connectivity index (χ2n) is 23.3. The maximum atomic E-state index is 13.0. The lowest BCUT2D eigenvalue weighted by molar-refractivity contribution is -0.161. The van der Waals surface area contributed by atoms with E-state index in [-0.39, 0.29) is 25.7 Å². The van der Waals surface area contributed by atoms with Gasteiger partial charge in [-0.3, -0.25) is 37.3 Å². The molecule has 2 unspecified atom stereocenters. The second-order valence-corrected chi connectivity index (χ2v) is 26.2. The van der Waals surface area contributed by atoms with E-state index in [1.807, 2.05) is 0 Å². The van der Waals surface area contributed by atoms with Crippen molar-refractivity contribution in [1.82, 2.24) is 0 Å². The van der Waals surface area contributed by atoms with Gasteiger partial charge in [-0.2, -0.15) is 0 Å². The van der Waals surface area contributed by atoms with Crippen molar-refractivity contribution in [2.75, 3.05) is 39.6 Å². The van der Waals surface area contributed by atoms with E-state index in [0.717, 1.165) is 121 Å². The van der Waals surface area contributed by atoms with Crippen molar-refractivity contribution in [2.45, 2.75) is 323 Å². The normalized spacial score (nSPS) is 14.4. The van der Waals surface area contributed by atoms with Gasteiger partial charge in [0.2, 0.25) is 0 Å². The van der Waals surface area contributed by atoms with Gasteiger partial charge in [0.1, 0.15) is 19.3 Å². The fourth-order valence-corrected chi connectivity index (χ4v) is 10.8. The Bertz CT molecular complexity index is 1730. The van der Waals surface area contributed by atoms with Crippen molar-refractivity contribution >= 4 is 39.5 Å². The van der Waals surface area contributed by atoms with Crippen LogP contribution in [-0.4, -0.2) is 96.7 Å². The molecular weight excluding hydrogens is 1110 g/mol. The van der Waals surface area contributed by atoms with Crippen LogP contribution in [0.15, 0.2) is 24.3 Å². The number of hydrogen-bond acceptors (Lipinski definition) is 15. The zero-order chi connectivity index (χ0) is 62.0. The predicted octanol–water partition coefficient (Wildman–Crippen LogP) is 17.7. The summed E-state index contributed by atoms with van der Waals surface area (Å²) in [5.74, 6) is -1.41. The van der Waals surface area contributed by atoms with Crippen LogP contribution < -0.4 is 0 Å². The number of unbranched alkanes of at least 4 members (excludes halogenated alkanes) is 32. The van der Waals surface area contributed by atoms with Crippen LogP contribution in [-0.2, 0) is 65.4 Å². The summed E-state index contributed by atoms with van der Waals surface area (Å²) in [5.41, 5.74) is 0. The Balaban J connectivity index is 5.25. The molecule has 494 valence electrons. The van der Waals surface area contributed by atoms with E-state index in [0.29, 0.717) is 25.7 Å². The Hall–Kier alpha value is -2.46. The van der Waals surface area contributed by atoms with Crippen molar-refractivity contribution in [3.8, 4) is 0 Å². The predicted molar refractivity (Wildman–Crippen MR) is 335 cm³/mol. The third kappa shape index (κ3) is 58.6. The van der Waals surface area contributed by atoms with Crippen molar-refractivity contribution in [1.29, 1.82) is 0 Å². The Morgan fingerprint density at radius 3 is 0.976 bits per heavy atom. The van der Waals surface area contributed by atoms with E-state index in [1.165, 1.54) is 103 Å². The van der Waals surface area contributed by atoms with Crippen LogP contribution in [0, 0.1) is 5.92 Å². The largest absolute Gasteiger partial charge is 0.472 e. The first kappa shape index (κ1) is 81.5. The van der Waals surface area contributed by atoms with Crippen LogP contribution in [0.3, 0.4) is 0 Å². The number of aliphatic hydroxyl groups is 1. The van der Waals surface area contributed by atoms with Gasteiger partial charge in [0.15, 0.2) is 12.2 Å². The molecule has 0 saturated heterocycles. The van der Waals surface area contributed by atoms with Crippen LogP contribution in [0.25, 0.3) is 0 Å². The van der Waals surface area contributed by atoms with Crippen LogP contribution >= 0.6 is 15.6 Å². The summed E-state index contributed by atoms with van der Waals surface area (Å²) < 4.78 is 67.9. The SMILES string of the molecule is CCCCCC/C=C\C=C/CCCCCCCC(=O)O[C@H](COC(=O)CCCCCCCCCCCCC(C)C)COP(=O)(O)OC[C@@H](O)COP(=O)(O)OC[C@@H](COC(=O)CCCCCCCCC)OC(=O)CCCCCCCCCCC. The van der Waals surface area contributed by atoms with Gasteiger partial charge in [-0.15, -0.1) is 0 Å². The number of phosphoric acid groups is 2. The number of carbonyl (C=O) groups excluding carboxylic acids is 4. The van der Waals surface area contributed by atoms with Gasteiger partial charge in [-0.05, 0) is 57.3 Å². The van der Waals surface area contributed by atoms with E-state index < -0.39 is 97.5 Å². The number of esters is 4. The molecule has 0 spiro atoms. The van der Waals surface area contributed by atoms with Crippen LogP contribution in [0.4, 0.5) is 0 Å². The summed E-state index contributed by atoms with van der Waals surface area (Å²) in [5, 5.41) is 10.5. The number of allylic oxidation sites excluding steroid dienone is 4. The zero-order valence-corrected chi connectivity index (χ0v) is 55.3. The quantitative estimate of drug-likeness (QED) is 0.0169. The zero-order valence-electron chi connectivity index (χ0n) is 53.5. The lowest BCUT2D eigenvalue weighted by Crippen LogP contribution is -2.30. The Kier molecular flexibility index (Phi) is 56.5. The van der Waals surface area contributed by atoms with Crippen LogP contribution in [0.5, 0.6) is 0 Å². The molecule has 5 atom stereocenters. The fourth-order valence-electron chi connectivity index (χ4n) is 9.22. The third-order valence-electron chi connectivity index (χ3n) is 14.4. The molecule has 17 nitrogen and oxygen atoms in total. The molecule has 0 rings (SSSR count). The lowest BCUT2D eigenvalue weighted by atomic mass is 10.0. The maximum absolute atomic E-state index is 13.0. The molecule has 0 amide bonds. The van der Waals surface area contributed by atoms with Crippen molar-refractivity contribution in [3.63, 3.8) is 0 Å². The summed E-state index contributed by atoms with van der Waals surface area (Å²) in [4.78, 5) is 72.1. The molecule has 0 bridgehead atoms. The van der Waals surface area contributed by atoms with Gasteiger partial charge in [-0.1, -0.05) is 252 Å². The summed E-state index contributed by atoms with van der Waals surface area (Å²) in [6, 6.07) is 0. The van der Waals surface area contributed by atoms with Gasteiger partial charge in [0, 0.05) is 25.7 Å². The Morgan fingerprint density at radius 2 is 0.643 bits per heavy atom. The van der Waals surface area contributed by atoms with E-state index >= 15 is 0 Å². The van der Waals surface area contributed by atoms with E-state index in [9.17, 15) is 43.2 Å². The first-order valence-corrected chi connectivity index (χ1v) is 36.4. The minimum Gasteiger partial charge on any atom is -0.462 e.